The molecule has 1 aromatic rings. The number of nitrogens with two attached hydrogens (primary N) is 1. The summed E-state index contributed by atoms with van der Waals surface area (Å²) in [5.41, 5.74) is 5.14. The molecule has 0 aromatic heterocycles. The van der Waals surface area contributed by atoms with Crippen LogP contribution in [0.15, 0.2) is 18.2 Å². The Labute approximate surface area is 111 Å². The predicted octanol–water partition coefficient (Wildman–Crippen LogP) is 0.857. The zero-order chi connectivity index (χ0) is 14.8. The van der Waals surface area contributed by atoms with Crippen molar-refractivity contribution < 1.29 is 14.5 Å². The smallest absolute Gasteiger partial charge is 0.276 e. The maximum atomic E-state index is 10.8. The van der Waals surface area contributed by atoms with Gasteiger partial charge in [-0.1, -0.05) is 0 Å². The summed E-state index contributed by atoms with van der Waals surface area (Å²) < 4.78 is 5.14. The third kappa shape index (κ3) is 6.37. The molecule has 0 unspecified atom stereocenters. The van der Waals surface area contributed by atoms with Crippen LogP contribution in [0, 0.1) is 10.1 Å². The molecule has 0 heterocycles. The molecule has 0 saturated heterocycles. The third-order valence-electron chi connectivity index (χ3n) is 1.93. The molecular weight excluding hydrogens is 250 g/mol. The molecule has 106 valence electrons. The molecule has 7 heteroatoms. The molecule has 1 amide bonds. The van der Waals surface area contributed by atoms with Crippen molar-refractivity contribution in [3.8, 4) is 5.75 Å². The van der Waals surface area contributed by atoms with Crippen molar-refractivity contribution in [1.82, 2.24) is 5.32 Å². The van der Waals surface area contributed by atoms with Crippen LogP contribution < -0.4 is 15.8 Å². The zero-order valence-corrected chi connectivity index (χ0v) is 11.3. The van der Waals surface area contributed by atoms with Crippen LogP contribution in [0.3, 0.4) is 0 Å². The van der Waals surface area contributed by atoms with Gasteiger partial charge in [-0.2, -0.15) is 0 Å². The van der Waals surface area contributed by atoms with Crippen LogP contribution in [0.2, 0.25) is 0 Å². The van der Waals surface area contributed by atoms with E-state index in [2.05, 4.69) is 5.32 Å². The number of carbonyl (C=O) groups is 1. The Hall–Kier alpha value is -2.15. The minimum absolute atomic E-state index is 0.148. The maximum Gasteiger partial charge on any atom is 0.276 e. The van der Waals surface area contributed by atoms with E-state index in [1.165, 1.54) is 12.1 Å². The van der Waals surface area contributed by atoms with Crippen molar-refractivity contribution >= 4 is 11.6 Å². The van der Waals surface area contributed by atoms with E-state index >= 15 is 0 Å². The summed E-state index contributed by atoms with van der Waals surface area (Å²) in [5, 5.41) is 13.5. The van der Waals surface area contributed by atoms with Gasteiger partial charge in [0.1, 0.15) is 5.75 Å². The molecule has 0 radical (unpaired) electrons. The van der Waals surface area contributed by atoms with Gasteiger partial charge in [0.25, 0.3) is 5.69 Å². The SMILES string of the molecule is CCOc1ccc(CC(N)=O)c([N+](=O)[O-])c1.CNC. The predicted molar refractivity (Wildman–Crippen MR) is 72.1 cm³/mol. The summed E-state index contributed by atoms with van der Waals surface area (Å²) in [6.07, 6.45) is -0.150. The minimum Gasteiger partial charge on any atom is -0.494 e. The van der Waals surface area contributed by atoms with Crippen LogP contribution in [-0.2, 0) is 11.2 Å². The van der Waals surface area contributed by atoms with E-state index in [1.807, 2.05) is 14.1 Å². The monoisotopic (exact) mass is 269 g/mol. The van der Waals surface area contributed by atoms with Gasteiger partial charge < -0.3 is 15.8 Å². The number of amides is 1. The largest absolute Gasteiger partial charge is 0.494 e. The average Bonchev–Trinajstić information content (AvgIpc) is 2.31. The van der Waals surface area contributed by atoms with Gasteiger partial charge in [0.05, 0.1) is 24.0 Å². The van der Waals surface area contributed by atoms with Crippen molar-refractivity contribution in [1.29, 1.82) is 0 Å². The van der Waals surface area contributed by atoms with Gasteiger partial charge in [0.2, 0.25) is 5.91 Å². The van der Waals surface area contributed by atoms with Gasteiger partial charge in [0, 0.05) is 5.56 Å². The minimum atomic E-state index is -0.604. The molecule has 0 atom stereocenters. The Morgan fingerprint density at radius 1 is 1.47 bits per heavy atom. The number of nitrogens with zero attached hydrogens (tertiary/aromatic N) is 1. The highest BCUT2D eigenvalue weighted by Gasteiger charge is 2.16. The number of ether oxygens (including phenoxy) is 1. The van der Waals surface area contributed by atoms with Gasteiger partial charge in [-0.25, -0.2) is 0 Å². The van der Waals surface area contributed by atoms with Crippen molar-refractivity contribution in [2.75, 3.05) is 20.7 Å². The maximum absolute atomic E-state index is 10.8. The molecular formula is C12H19N3O4. The van der Waals surface area contributed by atoms with Gasteiger partial charge in [0.15, 0.2) is 0 Å². The van der Waals surface area contributed by atoms with Crippen molar-refractivity contribution in [2.24, 2.45) is 5.73 Å². The van der Waals surface area contributed by atoms with Crippen LogP contribution in [0.5, 0.6) is 5.75 Å². The second kappa shape index (κ2) is 8.87. The van der Waals surface area contributed by atoms with E-state index < -0.39 is 10.8 Å². The van der Waals surface area contributed by atoms with Gasteiger partial charge in [-0.3, -0.25) is 14.9 Å². The molecule has 0 fully saturated rings. The molecule has 19 heavy (non-hydrogen) atoms. The molecule has 7 nitrogen and oxygen atoms in total. The first-order valence-electron chi connectivity index (χ1n) is 5.73. The first-order valence-corrected chi connectivity index (χ1v) is 5.73. The number of hydrogen-bond acceptors (Lipinski definition) is 5. The second-order valence-electron chi connectivity index (χ2n) is 3.62. The lowest BCUT2D eigenvalue weighted by Crippen LogP contribution is -2.14. The summed E-state index contributed by atoms with van der Waals surface area (Å²) in [5.74, 6) is -0.199. The van der Waals surface area contributed by atoms with Crippen molar-refractivity contribution in [3.05, 3.63) is 33.9 Å². The Morgan fingerprint density at radius 3 is 2.47 bits per heavy atom. The Bertz CT molecular complexity index is 435. The van der Waals surface area contributed by atoms with Gasteiger partial charge in [-0.05, 0) is 33.2 Å². The van der Waals surface area contributed by atoms with Crippen LogP contribution in [0.25, 0.3) is 0 Å². The highest BCUT2D eigenvalue weighted by molar-refractivity contribution is 5.78. The van der Waals surface area contributed by atoms with Crippen LogP contribution in [0.4, 0.5) is 5.69 Å². The first-order chi connectivity index (χ1) is 8.96. The summed E-state index contributed by atoms with van der Waals surface area (Å²) in [6.45, 7) is 2.20. The van der Waals surface area contributed by atoms with Crippen molar-refractivity contribution in [2.45, 2.75) is 13.3 Å². The van der Waals surface area contributed by atoms with Gasteiger partial charge in [-0.15, -0.1) is 0 Å². The van der Waals surface area contributed by atoms with Gasteiger partial charge >= 0.3 is 0 Å². The Kier molecular flexibility index (Phi) is 7.87. The lowest BCUT2D eigenvalue weighted by molar-refractivity contribution is -0.385. The number of carbonyl (C=O) groups excluding carboxylic acids is 1. The van der Waals surface area contributed by atoms with E-state index in [9.17, 15) is 14.9 Å². The van der Waals surface area contributed by atoms with E-state index in [0.717, 1.165) is 0 Å². The summed E-state index contributed by atoms with van der Waals surface area (Å²) >= 11 is 0. The number of primary amides is 1. The topological polar surface area (TPSA) is 107 Å². The van der Waals surface area contributed by atoms with Crippen molar-refractivity contribution in [3.63, 3.8) is 0 Å². The lowest BCUT2D eigenvalue weighted by atomic mass is 10.1. The molecule has 0 bridgehead atoms. The summed E-state index contributed by atoms with van der Waals surface area (Å²) in [4.78, 5) is 20.9. The summed E-state index contributed by atoms with van der Waals surface area (Å²) in [7, 11) is 3.75. The standard InChI is InChI=1S/C10H12N2O4.C2H7N/c1-2-16-8-4-3-7(5-10(11)13)9(6-8)12(14)15;1-3-2/h3-4,6H,2,5H2,1H3,(H2,11,13);3H,1-2H3. The number of nitrogens with one attached hydrogen (secondary N) is 1. The van der Waals surface area contributed by atoms with Crippen LogP contribution >= 0.6 is 0 Å². The highest BCUT2D eigenvalue weighted by atomic mass is 16.6. The van der Waals surface area contributed by atoms with E-state index in [0.29, 0.717) is 17.9 Å². The Morgan fingerprint density at radius 2 is 2.05 bits per heavy atom. The molecule has 0 aliphatic rings. The quantitative estimate of drug-likeness (QED) is 0.608. The lowest BCUT2D eigenvalue weighted by Gasteiger charge is -2.05. The zero-order valence-electron chi connectivity index (χ0n) is 11.3. The normalized spacial score (nSPS) is 9.21. The fourth-order valence-corrected chi connectivity index (χ4v) is 1.31. The molecule has 0 saturated carbocycles. The highest BCUT2D eigenvalue weighted by Crippen LogP contribution is 2.25. The number of benzene rings is 1. The number of nitro groups is 1. The molecule has 0 aliphatic carbocycles. The second-order valence-corrected chi connectivity index (χ2v) is 3.62. The molecule has 0 aliphatic heterocycles. The fraction of sp³-hybridized carbons (Fsp3) is 0.417. The summed E-state index contributed by atoms with van der Waals surface area (Å²) in [6, 6.07) is 4.35. The van der Waals surface area contributed by atoms with Crippen LogP contribution in [-0.4, -0.2) is 31.5 Å². The molecule has 0 spiro atoms. The number of nitro benzene ring substituents is 1. The fourth-order valence-electron chi connectivity index (χ4n) is 1.31. The first kappa shape index (κ1) is 16.9. The average molecular weight is 269 g/mol. The third-order valence-corrected chi connectivity index (χ3v) is 1.93. The van der Waals surface area contributed by atoms with Crippen LogP contribution in [0.1, 0.15) is 12.5 Å². The number of hydrogen-bond donors (Lipinski definition) is 2. The molecule has 1 aromatic carbocycles. The van der Waals surface area contributed by atoms with E-state index in [-0.39, 0.29) is 12.1 Å². The van der Waals surface area contributed by atoms with E-state index in [1.54, 1.807) is 13.0 Å². The Balaban J connectivity index is 0.000000982. The number of rotatable bonds is 5. The molecule has 1 rings (SSSR count). The van der Waals surface area contributed by atoms with E-state index in [4.69, 9.17) is 10.5 Å². The molecule has 3 N–H and O–H groups in total.